The molecule has 4 rings (SSSR count). The third-order valence-electron chi connectivity index (χ3n) is 4.81. The summed E-state index contributed by atoms with van der Waals surface area (Å²) < 4.78 is 28.0. The minimum absolute atomic E-state index is 0.0361. The Morgan fingerprint density at radius 3 is 2.17 bits per heavy atom. The van der Waals surface area contributed by atoms with Crippen LogP contribution in [-0.2, 0) is 27.9 Å². The Bertz CT molecular complexity index is 1360. The fourth-order valence-electron chi connectivity index (χ4n) is 3.33. The van der Waals surface area contributed by atoms with E-state index in [0.29, 0.717) is 21.8 Å². The van der Waals surface area contributed by atoms with E-state index in [-0.39, 0.29) is 28.6 Å². The maximum absolute atomic E-state index is 12.8. The Labute approximate surface area is 177 Å². The third-order valence-corrected chi connectivity index (χ3v) is 7.80. The molecule has 9 heteroatoms. The molecular formula is C21H19N3O4S2. The number of rotatable bonds is 6. The molecular weight excluding hydrogens is 422 g/mol. The second-order valence-corrected chi connectivity index (χ2v) is 9.94. The summed E-state index contributed by atoms with van der Waals surface area (Å²) in [5.41, 5.74) is 1.32. The quantitative estimate of drug-likeness (QED) is 0.449. The molecule has 1 amide bonds. The van der Waals surface area contributed by atoms with Crippen LogP contribution in [0.4, 0.5) is 0 Å². The Morgan fingerprint density at radius 1 is 0.967 bits per heavy atom. The molecule has 0 unspecified atom stereocenters. The van der Waals surface area contributed by atoms with Crippen molar-refractivity contribution < 1.29 is 13.2 Å². The number of carbonyl (C=O) groups is 1. The molecule has 0 aliphatic carbocycles. The van der Waals surface area contributed by atoms with Crippen molar-refractivity contribution in [1.29, 1.82) is 0 Å². The molecule has 2 heterocycles. The molecule has 2 N–H and O–H groups in total. The molecule has 0 bridgehead atoms. The standard InChI is InChI=1S/C21H19N3O4S2/c1-22-30(27,28)20-11-10-14(29-20)12-23-19(25)13-24-17-8-4-2-6-15(17)21(26)16-7-3-5-9-18(16)24/h2-11,22H,12-13H2,1H3,(H,23,25). The molecule has 4 aromatic rings. The largest absolute Gasteiger partial charge is 0.350 e. The third kappa shape index (κ3) is 3.74. The molecule has 0 atom stereocenters. The van der Waals surface area contributed by atoms with E-state index in [1.807, 2.05) is 28.8 Å². The minimum atomic E-state index is -3.50. The monoisotopic (exact) mass is 441 g/mol. The fourth-order valence-corrected chi connectivity index (χ4v) is 5.46. The van der Waals surface area contributed by atoms with Crippen molar-refractivity contribution in [2.45, 2.75) is 17.3 Å². The van der Waals surface area contributed by atoms with Crippen LogP contribution in [0, 0.1) is 0 Å². The lowest BCUT2D eigenvalue weighted by molar-refractivity contribution is -0.121. The Hall–Kier alpha value is -3.01. The predicted molar refractivity (Wildman–Crippen MR) is 118 cm³/mol. The number of thiophene rings is 1. The van der Waals surface area contributed by atoms with Crippen LogP contribution < -0.4 is 15.5 Å². The van der Waals surface area contributed by atoms with E-state index in [0.717, 1.165) is 16.2 Å². The van der Waals surface area contributed by atoms with Gasteiger partial charge in [0.25, 0.3) is 0 Å². The van der Waals surface area contributed by atoms with Gasteiger partial charge >= 0.3 is 0 Å². The summed E-state index contributed by atoms with van der Waals surface area (Å²) in [5.74, 6) is -0.236. The highest BCUT2D eigenvalue weighted by Crippen LogP contribution is 2.21. The smallest absolute Gasteiger partial charge is 0.249 e. The zero-order valence-corrected chi connectivity index (χ0v) is 17.7. The van der Waals surface area contributed by atoms with Crippen LogP contribution in [0.15, 0.2) is 69.7 Å². The van der Waals surface area contributed by atoms with Crippen LogP contribution in [0.25, 0.3) is 21.8 Å². The molecule has 0 aliphatic rings. The Kier molecular flexibility index (Phi) is 5.42. The summed E-state index contributed by atoms with van der Waals surface area (Å²) in [7, 11) is -2.14. The molecule has 0 aliphatic heterocycles. The lowest BCUT2D eigenvalue weighted by atomic mass is 10.1. The van der Waals surface area contributed by atoms with E-state index in [1.54, 1.807) is 30.3 Å². The van der Waals surface area contributed by atoms with Gasteiger partial charge in [0.05, 0.1) is 17.6 Å². The molecule has 7 nitrogen and oxygen atoms in total. The lowest BCUT2D eigenvalue weighted by Crippen LogP contribution is -2.28. The number of hydrogen-bond donors (Lipinski definition) is 2. The predicted octanol–water partition coefficient (Wildman–Crippen LogP) is 2.44. The van der Waals surface area contributed by atoms with Gasteiger partial charge in [-0.1, -0.05) is 24.3 Å². The van der Waals surface area contributed by atoms with Crippen molar-refractivity contribution in [3.05, 3.63) is 75.8 Å². The summed E-state index contributed by atoms with van der Waals surface area (Å²) in [4.78, 5) is 26.2. The van der Waals surface area contributed by atoms with Crippen LogP contribution in [-0.4, -0.2) is 25.9 Å². The summed E-state index contributed by atoms with van der Waals surface area (Å²) in [5, 5.41) is 3.95. The first kappa shape index (κ1) is 20.3. The van der Waals surface area contributed by atoms with Crippen LogP contribution in [0.5, 0.6) is 0 Å². The number of para-hydroxylation sites is 2. The van der Waals surface area contributed by atoms with Crippen molar-refractivity contribution in [3.8, 4) is 0 Å². The molecule has 0 saturated carbocycles. The maximum Gasteiger partial charge on any atom is 0.249 e. The van der Waals surface area contributed by atoms with Gasteiger partial charge in [-0.15, -0.1) is 11.3 Å². The zero-order chi connectivity index (χ0) is 21.3. The van der Waals surface area contributed by atoms with Gasteiger partial charge in [-0.3, -0.25) is 9.59 Å². The van der Waals surface area contributed by atoms with Gasteiger partial charge in [0.15, 0.2) is 5.43 Å². The molecule has 0 saturated heterocycles. The lowest BCUT2D eigenvalue weighted by Gasteiger charge is -2.15. The molecule has 0 fully saturated rings. The van der Waals surface area contributed by atoms with E-state index in [9.17, 15) is 18.0 Å². The Balaban J connectivity index is 1.61. The number of fused-ring (bicyclic) bond motifs is 2. The number of hydrogen-bond acceptors (Lipinski definition) is 5. The number of pyridine rings is 1. The molecule has 2 aromatic carbocycles. The maximum atomic E-state index is 12.8. The van der Waals surface area contributed by atoms with Gasteiger partial charge < -0.3 is 9.88 Å². The number of carbonyl (C=O) groups excluding carboxylic acids is 1. The Morgan fingerprint density at radius 2 is 1.57 bits per heavy atom. The molecule has 2 aromatic heterocycles. The van der Waals surface area contributed by atoms with E-state index in [2.05, 4.69) is 10.0 Å². The van der Waals surface area contributed by atoms with Crippen molar-refractivity contribution in [2.24, 2.45) is 0 Å². The number of amides is 1. The van der Waals surface area contributed by atoms with Gasteiger partial charge in [-0.05, 0) is 43.4 Å². The number of aromatic nitrogens is 1. The van der Waals surface area contributed by atoms with Crippen LogP contribution >= 0.6 is 11.3 Å². The average molecular weight is 442 g/mol. The number of nitrogens with zero attached hydrogens (tertiary/aromatic N) is 1. The van der Waals surface area contributed by atoms with E-state index in [4.69, 9.17) is 0 Å². The summed E-state index contributed by atoms with van der Waals surface area (Å²) in [6, 6.07) is 17.6. The number of nitrogens with one attached hydrogen (secondary N) is 2. The fraction of sp³-hybridized carbons (Fsp3) is 0.143. The highest BCUT2D eigenvalue weighted by molar-refractivity contribution is 7.91. The first-order chi connectivity index (χ1) is 14.4. The summed E-state index contributed by atoms with van der Waals surface area (Å²) in [6.45, 7) is 0.257. The van der Waals surface area contributed by atoms with Gasteiger partial charge in [0, 0.05) is 15.6 Å². The van der Waals surface area contributed by atoms with Gasteiger partial charge in [-0.25, -0.2) is 13.1 Å². The van der Waals surface area contributed by atoms with E-state index in [1.165, 1.54) is 13.1 Å². The van der Waals surface area contributed by atoms with Gasteiger partial charge in [-0.2, -0.15) is 0 Å². The SMILES string of the molecule is CNS(=O)(=O)c1ccc(CNC(=O)Cn2c3ccccc3c(=O)c3ccccc32)s1. The number of sulfonamides is 1. The highest BCUT2D eigenvalue weighted by Gasteiger charge is 2.16. The first-order valence-corrected chi connectivity index (χ1v) is 11.5. The molecule has 30 heavy (non-hydrogen) atoms. The van der Waals surface area contributed by atoms with Crippen LogP contribution in [0.3, 0.4) is 0 Å². The van der Waals surface area contributed by atoms with Gasteiger partial charge in [0.2, 0.25) is 15.9 Å². The average Bonchev–Trinajstić information content (AvgIpc) is 3.25. The molecule has 0 spiro atoms. The second-order valence-electron chi connectivity index (χ2n) is 6.65. The number of benzene rings is 2. The normalized spacial score (nSPS) is 11.8. The highest BCUT2D eigenvalue weighted by atomic mass is 32.2. The zero-order valence-electron chi connectivity index (χ0n) is 16.1. The van der Waals surface area contributed by atoms with Crippen molar-refractivity contribution in [1.82, 2.24) is 14.6 Å². The second kappa shape index (κ2) is 8.02. The van der Waals surface area contributed by atoms with Crippen LogP contribution in [0.1, 0.15) is 4.88 Å². The van der Waals surface area contributed by atoms with Gasteiger partial charge in [0.1, 0.15) is 10.8 Å². The van der Waals surface area contributed by atoms with E-state index >= 15 is 0 Å². The topological polar surface area (TPSA) is 97.3 Å². The molecule has 154 valence electrons. The minimum Gasteiger partial charge on any atom is -0.350 e. The van der Waals surface area contributed by atoms with Crippen molar-refractivity contribution >= 4 is 49.1 Å². The van der Waals surface area contributed by atoms with E-state index < -0.39 is 10.0 Å². The van der Waals surface area contributed by atoms with Crippen molar-refractivity contribution in [3.63, 3.8) is 0 Å². The van der Waals surface area contributed by atoms with Crippen LogP contribution in [0.2, 0.25) is 0 Å². The summed E-state index contributed by atoms with van der Waals surface area (Å²) >= 11 is 1.11. The molecule has 0 radical (unpaired) electrons. The van der Waals surface area contributed by atoms with Crippen molar-refractivity contribution in [2.75, 3.05) is 7.05 Å². The first-order valence-electron chi connectivity index (χ1n) is 9.20. The summed E-state index contributed by atoms with van der Waals surface area (Å²) in [6.07, 6.45) is 0.